The molecule has 1 N–H and O–H groups in total. The Hall–Kier alpha value is -1.35. The van der Waals surface area contributed by atoms with Gasteiger partial charge in [0.2, 0.25) is 0 Å². The Balaban J connectivity index is 2.08. The summed E-state index contributed by atoms with van der Waals surface area (Å²) in [6, 6.07) is 9.97. The molecule has 0 spiro atoms. The first kappa shape index (κ1) is 21.9. The van der Waals surface area contributed by atoms with E-state index in [1.807, 2.05) is 30.3 Å². The van der Waals surface area contributed by atoms with Crippen molar-refractivity contribution in [1.82, 2.24) is 5.32 Å². The van der Waals surface area contributed by atoms with Crippen molar-refractivity contribution in [1.29, 1.82) is 0 Å². The highest BCUT2D eigenvalue weighted by molar-refractivity contribution is 5.76. The van der Waals surface area contributed by atoms with Gasteiger partial charge in [-0.3, -0.25) is 4.79 Å². The lowest BCUT2D eigenvalue weighted by molar-refractivity contribution is -0.160. The van der Waals surface area contributed by atoms with Gasteiger partial charge in [0.05, 0.1) is 5.41 Å². The molecule has 1 heterocycles. The minimum Gasteiger partial charge on any atom is -0.460 e. The maximum absolute atomic E-state index is 13.1. The maximum Gasteiger partial charge on any atom is 0.312 e. The number of carbonyl (C=O) groups is 1. The molecule has 3 heteroatoms. The molecule has 1 atom stereocenters. The first-order valence-electron chi connectivity index (χ1n) is 10.7. The number of piperidine rings is 1. The van der Waals surface area contributed by atoms with Crippen LogP contribution in [0.3, 0.4) is 0 Å². The summed E-state index contributed by atoms with van der Waals surface area (Å²) in [5, 5.41) is 3.46. The summed E-state index contributed by atoms with van der Waals surface area (Å²) < 4.78 is 5.77. The summed E-state index contributed by atoms with van der Waals surface area (Å²) in [6.07, 6.45) is 5.75. The number of hydrogen-bond acceptors (Lipinski definition) is 3. The third kappa shape index (κ3) is 6.34. The van der Waals surface area contributed by atoms with E-state index in [0.717, 1.165) is 44.3 Å². The number of esters is 1. The zero-order valence-electron chi connectivity index (χ0n) is 18.0. The first-order chi connectivity index (χ1) is 12.8. The van der Waals surface area contributed by atoms with E-state index in [2.05, 4.69) is 39.9 Å². The lowest BCUT2D eigenvalue weighted by atomic mass is 9.65. The molecule has 0 aromatic heterocycles. The van der Waals surface area contributed by atoms with E-state index in [-0.39, 0.29) is 5.97 Å². The summed E-state index contributed by atoms with van der Waals surface area (Å²) in [5.41, 5.74) is 0.919. The Bertz CT molecular complexity index is 573. The second-order valence-corrected chi connectivity index (χ2v) is 9.53. The molecule has 1 fully saturated rings. The fourth-order valence-electron chi connectivity index (χ4n) is 4.22. The number of ether oxygens (including phenoxy) is 1. The van der Waals surface area contributed by atoms with E-state index >= 15 is 0 Å². The van der Waals surface area contributed by atoms with E-state index in [1.54, 1.807) is 0 Å². The topological polar surface area (TPSA) is 38.3 Å². The molecular formula is C24H39NO2. The Labute approximate surface area is 166 Å². The lowest BCUT2D eigenvalue weighted by Gasteiger charge is -2.41. The van der Waals surface area contributed by atoms with E-state index < -0.39 is 5.41 Å². The molecule has 2 rings (SSSR count). The molecule has 1 aliphatic heterocycles. The molecule has 1 aliphatic rings. The van der Waals surface area contributed by atoms with Gasteiger partial charge >= 0.3 is 5.97 Å². The van der Waals surface area contributed by atoms with Crippen LogP contribution in [0.25, 0.3) is 0 Å². The van der Waals surface area contributed by atoms with Gasteiger partial charge in [0.1, 0.15) is 6.61 Å². The van der Waals surface area contributed by atoms with Gasteiger partial charge in [-0.15, -0.1) is 0 Å². The molecule has 0 saturated carbocycles. The first-order valence-corrected chi connectivity index (χ1v) is 10.7. The lowest BCUT2D eigenvalue weighted by Crippen LogP contribution is -2.42. The molecule has 3 nitrogen and oxygen atoms in total. The van der Waals surface area contributed by atoms with Crippen molar-refractivity contribution in [3.8, 4) is 0 Å². The third-order valence-corrected chi connectivity index (χ3v) is 6.71. The molecule has 0 aliphatic carbocycles. The molecule has 0 radical (unpaired) electrons. The summed E-state index contributed by atoms with van der Waals surface area (Å²) in [7, 11) is 0. The van der Waals surface area contributed by atoms with E-state index in [1.165, 1.54) is 6.42 Å². The van der Waals surface area contributed by atoms with Gasteiger partial charge in [-0.05, 0) is 75.4 Å². The second-order valence-electron chi connectivity index (χ2n) is 9.53. The van der Waals surface area contributed by atoms with Gasteiger partial charge in [0.15, 0.2) is 0 Å². The number of benzene rings is 1. The van der Waals surface area contributed by atoms with Crippen molar-refractivity contribution in [3.63, 3.8) is 0 Å². The Morgan fingerprint density at radius 2 is 1.78 bits per heavy atom. The SMILES string of the molecule is CCC(C)(C)CCC(C1CCNCC1)C(C)(C)C(=O)OCc1ccccc1. The molecule has 152 valence electrons. The van der Waals surface area contributed by atoms with Crippen LogP contribution in [0.5, 0.6) is 0 Å². The molecule has 1 saturated heterocycles. The van der Waals surface area contributed by atoms with Crippen molar-refractivity contribution in [3.05, 3.63) is 35.9 Å². The molecule has 27 heavy (non-hydrogen) atoms. The van der Waals surface area contributed by atoms with Gasteiger partial charge in [0, 0.05) is 0 Å². The highest BCUT2D eigenvalue weighted by Gasteiger charge is 2.42. The smallest absolute Gasteiger partial charge is 0.312 e. The minimum atomic E-state index is -0.458. The van der Waals surface area contributed by atoms with Crippen molar-refractivity contribution >= 4 is 5.97 Å². The Morgan fingerprint density at radius 1 is 1.15 bits per heavy atom. The number of nitrogens with one attached hydrogen (secondary N) is 1. The van der Waals surface area contributed by atoms with E-state index in [4.69, 9.17) is 4.74 Å². The highest BCUT2D eigenvalue weighted by atomic mass is 16.5. The third-order valence-electron chi connectivity index (χ3n) is 6.71. The van der Waals surface area contributed by atoms with Gasteiger partial charge in [-0.25, -0.2) is 0 Å². The largest absolute Gasteiger partial charge is 0.460 e. The van der Waals surface area contributed by atoms with Crippen molar-refractivity contribution < 1.29 is 9.53 Å². The van der Waals surface area contributed by atoms with Crippen LogP contribution in [-0.4, -0.2) is 19.1 Å². The van der Waals surface area contributed by atoms with Gasteiger partial charge < -0.3 is 10.1 Å². The van der Waals surface area contributed by atoms with Gasteiger partial charge in [-0.2, -0.15) is 0 Å². The molecule has 0 bridgehead atoms. The molecule has 1 aromatic carbocycles. The van der Waals surface area contributed by atoms with Crippen molar-refractivity contribution in [2.45, 2.75) is 73.3 Å². The van der Waals surface area contributed by atoms with Crippen LogP contribution in [0, 0.1) is 22.7 Å². The molecule has 0 amide bonds. The quantitative estimate of drug-likeness (QED) is 0.574. The maximum atomic E-state index is 13.1. The number of hydrogen-bond donors (Lipinski definition) is 1. The van der Waals surface area contributed by atoms with Crippen LogP contribution in [0.15, 0.2) is 30.3 Å². The van der Waals surface area contributed by atoms with Crippen LogP contribution < -0.4 is 5.32 Å². The molecule has 1 unspecified atom stereocenters. The highest BCUT2D eigenvalue weighted by Crippen LogP contribution is 2.43. The standard InChI is InChI=1S/C24H39NO2/c1-6-23(2,3)15-12-21(20-13-16-25-17-14-20)24(4,5)22(26)27-18-19-10-8-7-9-11-19/h7-11,20-21,25H,6,12-18H2,1-5H3. The van der Waals surface area contributed by atoms with Gasteiger partial charge in [0.25, 0.3) is 0 Å². The minimum absolute atomic E-state index is 0.0517. The predicted molar refractivity (Wildman–Crippen MR) is 112 cm³/mol. The number of carbonyl (C=O) groups excluding carboxylic acids is 1. The fourth-order valence-corrected chi connectivity index (χ4v) is 4.22. The van der Waals surface area contributed by atoms with E-state index in [9.17, 15) is 4.79 Å². The Morgan fingerprint density at radius 3 is 2.37 bits per heavy atom. The second kappa shape index (κ2) is 9.73. The normalized spacial score (nSPS) is 17.5. The summed E-state index contributed by atoms with van der Waals surface area (Å²) >= 11 is 0. The summed E-state index contributed by atoms with van der Waals surface area (Å²) in [4.78, 5) is 13.1. The zero-order valence-corrected chi connectivity index (χ0v) is 18.0. The monoisotopic (exact) mass is 373 g/mol. The summed E-state index contributed by atoms with van der Waals surface area (Å²) in [5.74, 6) is 0.913. The van der Waals surface area contributed by atoms with Crippen molar-refractivity contribution in [2.75, 3.05) is 13.1 Å². The summed E-state index contributed by atoms with van der Waals surface area (Å²) in [6.45, 7) is 13.6. The fraction of sp³-hybridized carbons (Fsp3) is 0.708. The number of rotatable bonds is 9. The van der Waals surface area contributed by atoms with Crippen LogP contribution in [0.4, 0.5) is 0 Å². The average molecular weight is 374 g/mol. The Kier molecular flexibility index (Phi) is 7.91. The zero-order chi connectivity index (χ0) is 19.9. The average Bonchev–Trinajstić information content (AvgIpc) is 2.67. The van der Waals surface area contributed by atoms with Gasteiger partial charge in [-0.1, -0.05) is 57.5 Å². The van der Waals surface area contributed by atoms with Crippen molar-refractivity contribution in [2.24, 2.45) is 22.7 Å². The van der Waals surface area contributed by atoms with Crippen LogP contribution in [0.1, 0.15) is 72.3 Å². The van der Waals surface area contributed by atoms with E-state index in [0.29, 0.717) is 23.9 Å². The molecule has 1 aromatic rings. The predicted octanol–water partition coefficient (Wildman–Crippen LogP) is 5.59. The van der Waals surface area contributed by atoms with Crippen LogP contribution >= 0.6 is 0 Å². The van der Waals surface area contributed by atoms with Crippen LogP contribution in [-0.2, 0) is 16.1 Å². The van der Waals surface area contributed by atoms with Crippen LogP contribution in [0.2, 0.25) is 0 Å². The molecular weight excluding hydrogens is 334 g/mol.